The predicted octanol–water partition coefficient (Wildman–Crippen LogP) is 2.96. The Labute approximate surface area is 117 Å². The average molecular weight is 279 g/mol. The first kappa shape index (κ1) is 14.5. The zero-order valence-corrected chi connectivity index (χ0v) is 11.4. The number of hydrogen-bond donors (Lipinski definition) is 2. The van der Waals surface area contributed by atoms with Gasteiger partial charge in [0.15, 0.2) is 0 Å². The molecule has 1 aliphatic carbocycles. The van der Waals surface area contributed by atoms with E-state index in [4.69, 9.17) is 0 Å². The summed E-state index contributed by atoms with van der Waals surface area (Å²) in [5, 5.41) is 11.9. The number of carboxylic acid groups (broad SMARTS) is 1. The molecule has 4 nitrogen and oxygen atoms in total. The molecule has 0 aromatic heterocycles. The fraction of sp³-hybridized carbons (Fsp3) is 0.467. The molecule has 0 radical (unpaired) electrons. The van der Waals surface area contributed by atoms with Gasteiger partial charge < -0.3 is 10.4 Å². The summed E-state index contributed by atoms with van der Waals surface area (Å²) in [6, 6.07) is 4.12. The molecule has 108 valence electrons. The molecule has 0 aliphatic heterocycles. The summed E-state index contributed by atoms with van der Waals surface area (Å²) < 4.78 is 13.0. The number of anilines is 1. The number of amides is 1. The molecular weight excluding hydrogens is 261 g/mol. The van der Waals surface area contributed by atoms with Gasteiger partial charge in [0.1, 0.15) is 5.82 Å². The second-order valence-corrected chi connectivity index (χ2v) is 5.28. The van der Waals surface area contributed by atoms with Crippen LogP contribution in [0.4, 0.5) is 10.1 Å². The van der Waals surface area contributed by atoms with Crippen LogP contribution < -0.4 is 5.32 Å². The smallest absolute Gasteiger partial charge is 0.307 e. The lowest BCUT2D eigenvalue weighted by Crippen LogP contribution is -2.36. The van der Waals surface area contributed by atoms with Crippen molar-refractivity contribution in [3.8, 4) is 0 Å². The second-order valence-electron chi connectivity index (χ2n) is 5.28. The number of benzene rings is 1. The molecule has 1 fully saturated rings. The van der Waals surface area contributed by atoms with Crippen molar-refractivity contribution in [3.05, 3.63) is 29.6 Å². The summed E-state index contributed by atoms with van der Waals surface area (Å²) in [5.74, 6) is -2.69. The van der Waals surface area contributed by atoms with Crippen LogP contribution in [0.2, 0.25) is 0 Å². The van der Waals surface area contributed by atoms with Crippen molar-refractivity contribution < 1.29 is 19.1 Å². The number of carbonyl (C=O) groups excluding carboxylic acids is 1. The van der Waals surface area contributed by atoms with Crippen molar-refractivity contribution in [2.45, 2.75) is 32.6 Å². The van der Waals surface area contributed by atoms with Crippen molar-refractivity contribution in [1.29, 1.82) is 0 Å². The molecule has 5 heteroatoms. The highest BCUT2D eigenvalue weighted by molar-refractivity contribution is 5.95. The van der Waals surface area contributed by atoms with Gasteiger partial charge in [0.05, 0.1) is 11.8 Å². The predicted molar refractivity (Wildman–Crippen MR) is 72.9 cm³/mol. The van der Waals surface area contributed by atoms with Crippen LogP contribution in [-0.4, -0.2) is 17.0 Å². The Morgan fingerprint density at radius 1 is 1.25 bits per heavy atom. The first-order valence-electron chi connectivity index (χ1n) is 6.79. The van der Waals surface area contributed by atoms with E-state index in [0.717, 1.165) is 12.8 Å². The van der Waals surface area contributed by atoms with Gasteiger partial charge in [-0.1, -0.05) is 12.8 Å². The van der Waals surface area contributed by atoms with E-state index in [0.29, 0.717) is 24.1 Å². The maximum atomic E-state index is 13.0. The summed E-state index contributed by atoms with van der Waals surface area (Å²) in [6.45, 7) is 1.70. The third-order valence-electron chi connectivity index (χ3n) is 3.87. The van der Waals surface area contributed by atoms with Crippen molar-refractivity contribution in [3.63, 3.8) is 0 Å². The zero-order valence-electron chi connectivity index (χ0n) is 11.4. The van der Waals surface area contributed by atoms with Crippen LogP contribution in [0, 0.1) is 24.6 Å². The van der Waals surface area contributed by atoms with E-state index < -0.39 is 17.8 Å². The van der Waals surface area contributed by atoms with Gasteiger partial charge in [0.2, 0.25) is 5.91 Å². The third kappa shape index (κ3) is 3.15. The van der Waals surface area contributed by atoms with Crippen LogP contribution in [0.3, 0.4) is 0 Å². The van der Waals surface area contributed by atoms with Gasteiger partial charge >= 0.3 is 5.97 Å². The first-order valence-corrected chi connectivity index (χ1v) is 6.79. The van der Waals surface area contributed by atoms with E-state index in [-0.39, 0.29) is 11.7 Å². The first-order chi connectivity index (χ1) is 9.49. The van der Waals surface area contributed by atoms with Gasteiger partial charge in [-0.25, -0.2) is 4.39 Å². The number of carboxylic acids is 1. The number of hydrogen-bond acceptors (Lipinski definition) is 2. The Balaban J connectivity index is 2.12. The Bertz CT molecular complexity index is 530. The molecule has 1 aliphatic rings. The summed E-state index contributed by atoms with van der Waals surface area (Å²) in [4.78, 5) is 23.5. The van der Waals surface area contributed by atoms with Gasteiger partial charge in [0.25, 0.3) is 0 Å². The van der Waals surface area contributed by atoms with Gasteiger partial charge in [-0.2, -0.15) is 0 Å². The van der Waals surface area contributed by atoms with Crippen LogP contribution >= 0.6 is 0 Å². The number of carbonyl (C=O) groups is 2. The van der Waals surface area contributed by atoms with Gasteiger partial charge in [-0.05, 0) is 43.5 Å². The number of halogens is 1. The van der Waals surface area contributed by atoms with Crippen molar-refractivity contribution >= 4 is 17.6 Å². The Kier molecular flexibility index (Phi) is 4.37. The minimum atomic E-state index is -0.916. The number of aliphatic carboxylic acids is 1. The highest BCUT2D eigenvalue weighted by atomic mass is 19.1. The largest absolute Gasteiger partial charge is 0.481 e. The molecule has 20 heavy (non-hydrogen) atoms. The second kappa shape index (κ2) is 6.03. The molecular formula is C15H18FNO3. The van der Waals surface area contributed by atoms with E-state index in [9.17, 15) is 19.1 Å². The normalized spacial score (nSPS) is 22.3. The molecule has 2 rings (SSSR count). The Hall–Kier alpha value is -1.91. The highest BCUT2D eigenvalue weighted by Crippen LogP contribution is 2.31. The van der Waals surface area contributed by atoms with E-state index >= 15 is 0 Å². The minimum Gasteiger partial charge on any atom is -0.481 e. The van der Waals surface area contributed by atoms with Gasteiger partial charge in [-0.3, -0.25) is 9.59 Å². The summed E-state index contributed by atoms with van der Waals surface area (Å²) in [7, 11) is 0. The molecule has 1 aromatic rings. The lowest BCUT2D eigenvalue weighted by atomic mass is 9.78. The monoisotopic (exact) mass is 279 g/mol. The lowest BCUT2D eigenvalue weighted by molar-refractivity contribution is -0.147. The van der Waals surface area contributed by atoms with Crippen molar-refractivity contribution in [1.82, 2.24) is 0 Å². The van der Waals surface area contributed by atoms with Crippen molar-refractivity contribution in [2.24, 2.45) is 11.8 Å². The van der Waals surface area contributed by atoms with Gasteiger partial charge in [-0.15, -0.1) is 0 Å². The SMILES string of the molecule is Cc1cc(F)ccc1NC(=O)[C@H]1CCCC[C@@H]1C(=O)O. The van der Waals surface area contributed by atoms with E-state index in [1.807, 2.05) is 0 Å². The molecule has 0 heterocycles. The molecule has 1 saturated carbocycles. The van der Waals surface area contributed by atoms with Crippen LogP contribution in [0.1, 0.15) is 31.2 Å². The lowest BCUT2D eigenvalue weighted by Gasteiger charge is -2.27. The summed E-state index contributed by atoms with van der Waals surface area (Å²) in [6.07, 6.45) is 2.83. The molecule has 0 bridgehead atoms. The molecule has 0 saturated heterocycles. The standard InChI is InChI=1S/C15H18FNO3/c1-9-8-10(16)6-7-13(9)17-14(18)11-4-2-3-5-12(11)15(19)20/h6-8,11-12H,2-5H2,1H3,(H,17,18)(H,19,20)/t11-,12-/m0/s1. The highest BCUT2D eigenvalue weighted by Gasteiger charge is 2.35. The minimum absolute atomic E-state index is 0.285. The van der Waals surface area contributed by atoms with Crippen LogP contribution in [0.15, 0.2) is 18.2 Å². The van der Waals surface area contributed by atoms with Crippen LogP contribution in [0.25, 0.3) is 0 Å². The number of aryl methyl sites for hydroxylation is 1. The fourth-order valence-electron chi connectivity index (χ4n) is 2.73. The molecule has 1 aromatic carbocycles. The number of nitrogens with one attached hydrogen (secondary N) is 1. The molecule has 1 amide bonds. The molecule has 2 atom stereocenters. The Morgan fingerprint density at radius 3 is 2.50 bits per heavy atom. The van der Waals surface area contributed by atoms with E-state index in [1.54, 1.807) is 6.92 Å². The summed E-state index contributed by atoms with van der Waals surface area (Å²) in [5.41, 5.74) is 1.16. The van der Waals surface area contributed by atoms with E-state index in [2.05, 4.69) is 5.32 Å². The zero-order chi connectivity index (χ0) is 14.7. The van der Waals surface area contributed by atoms with Crippen molar-refractivity contribution in [2.75, 3.05) is 5.32 Å². The molecule has 0 spiro atoms. The fourth-order valence-corrected chi connectivity index (χ4v) is 2.73. The average Bonchev–Trinajstić information content (AvgIpc) is 2.41. The topological polar surface area (TPSA) is 66.4 Å². The maximum Gasteiger partial charge on any atom is 0.307 e. The maximum absolute atomic E-state index is 13.0. The summed E-state index contributed by atoms with van der Waals surface area (Å²) >= 11 is 0. The quantitative estimate of drug-likeness (QED) is 0.894. The van der Waals surface area contributed by atoms with Crippen LogP contribution in [0.5, 0.6) is 0 Å². The number of rotatable bonds is 3. The third-order valence-corrected chi connectivity index (χ3v) is 3.87. The van der Waals surface area contributed by atoms with E-state index in [1.165, 1.54) is 18.2 Å². The Morgan fingerprint density at radius 2 is 1.90 bits per heavy atom. The molecule has 0 unspecified atom stereocenters. The van der Waals surface area contributed by atoms with Crippen LogP contribution in [-0.2, 0) is 9.59 Å². The molecule has 2 N–H and O–H groups in total. The van der Waals surface area contributed by atoms with Gasteiger partial charge in [0, 0.05) is 5.69 Å².